The highest BCUT2D eigenvalue weighted by Gasteiger charge is 2.32. The zero-order valence-electron chi connectivity index (χ0n) is 11.4. The predicted octanol–water partition coefficient (Wildman–Crippen LogP) is 0.847. The molecule has 1 aliphatic rings. The molecule has 1 fully saturated rings. The van der Waals surface area contributed by atoms with Crippen molar-refractivity contribution in [3.8, 4) is 0 Å². The maximum absolute atomic E-state index is 12.3. The Labute approximate surface area is 117 Å². The highest BCUT2D eigenvalue weighted by Crippen LogP contribution is 2.18. The fourth-order valence-electron chi connectivity index (χ4n) is 2.10. The van der Waals surface area contributed by atoms with E-state index < -0.39 is 10.0 Å². The third kappa shape index (κ3) is 4.66. The van der Waals surface area contributed by atoms with Gasteiger partial charge in [0.15, 0.2) is 0 Å². The number of nitrogens with one attached hydrogen (secondary N) is 1. The van der Waals surface area contributed by atoms with Gasteiger partial charge in [-0.05, 0) is 33.2 Å². The van der Waals surface area contributed by atoms with Gasteiger partial charge in [0.25, 0.3) is 0 Å². The zero-order chi connectivity index (χ0) is 12.9. The lowest BCUT2D eigenvalue weighted by molar-refractivity contribution is 0.193. The fraction of sp³-hybridized carbons (Fsp3) is 1.00. The third-order valence-electron chi connectivity index (χ3n) is 3.39. The van der Waals surface area contributed by atoms with Gasteiger partial charge in [0.2, 0.25) is 10.0 Å². The summed E-state index contributed by atoms with van der Waals surface area (Å²) < 4.78 is 31.2. The molecule has 110 valence electrons. The lowest BCUT2D eigenvalue weighted by Gasteiger charge is -2.33. The van der Waals surface area contributed by atoms with Crippen LogP contribution in [-0.4, -0.2) is 57.9 Å². The quantitative estimate of drug-likeness (QED) is 0.790. The largest absolute Gasteiger partial charge is 0.385 e. The smallest absolute Gasteiger partial charge is 0.216 e. The Balaban J connectivity index is 0.00000289. The first-order chi connectivity index (χ1) is 8.02. The minimum absolute atomic E-state index is 0. The minimum Gasteiger partial charge on any atom is -0.385 e. The van der Waals surface area contributed by atoms with Crippen molar-refractivity contribution in [3.05, 3.63) is 0 Å². The molecule has 0 bridgehead atoms. The van der Waals surface area contributed by atoms with Crippen LogP contribution in [0, 0.1) is 0 Å². The molecule has 1 rings (SSSR count). The minimum atomic E-state index is -3.16. The second kappa shape index (κ2) is 8.32. The van der Waals surface area contributed by atoms with Crippen molar-refractivity contribution in [3.63, 3.8) is 0 Å². The number of piperidine rings is 1. The SMILES string of the molecule is CNC1CCCN(S(=O)(=O)C(C)CCOC)C1.Cl. The van der Waals surface area contributed by atoms with E-state index in [1.807, 2.05) is 7.05 Å². The maximum Gasteiger partial charge on any atom is 0.216 e. The molecule has 1 heterocycles. The Morgan fingerprint density at radius 3 is 2.72 bits per heavy atom. The first kappa shape index (κ1) is 18.1. The highest BCUT2D eigenvalue weighted by molar-refractivity contribution is 7.89. The van der Waals surface area contributed by atoms with Crippen molar-refractivity contribution >= 4 is 22.4 Å². The molecule has 7 heteroatoms. The second-order valence-electron chi connectivity index (χ2n) is 4.62. The Hall–Kier alpha value is 0.120. The van der Waals surface area contributed by atoms with Crippen LogP contribution in [0.5, 0.6) is 0 Å². The summed E-state index contributed by atoms with van der Waals surface area (Å²) in [5, 5.41) is 2.79. The zero-order valence-corrected chi connectivity index (χ0v) is 13.0. The van der Waals surface area contributed by atoms with Gasteiger partial charge in [-0.2, -0.15) is 0 Å². The lowest BCUT2D eigenvalue weighted by atomic mass is 10.1. The number of rotatable bonds is 6. The second-order valence-corrected chi connectivity index (χ2v) is 6.97. The van der Waals surface area contributed by atoms with Crippen molar-refractivity contribution < 1.29 is 13.2 Å². The van der Waals surface area contributed by atoms with Crippen LogP contribution in [0.1, 0.15) is 26.2 Å². The number of nitrogens with zero attached hydrogens (tertiary/aromatic N) is 1. The monoisotopic (exact) mass is 300 g/mol. The Morgan fingerprint density at radius 2 is 2.17 bits per heavy atom. The summed E-state index contributed by atoms with van der Waals surface area (Å²) in [5.74, 6) is 0. The lowest BCUT2D eigenvalue weighted by Crippen LogP contribution is -2.49. The average Bonchev–Trinajstić information content (AvgIpc) is 2.35. The molecule has 0 aromatic rings. The molecule has 0 aromatic heterocycles. The van der Waals surface area contributed by atoms with Gasteiger partial charge in [-0.3, -0.25) is 0 Å². The Morgan fingerprint density at radius 1 is 1.50 bits per heavy atom. The van der Waals surface area contributed by atoms with Gasteiger partial charge >= 0.3 is 0 Å². The maximum atomic E-state index is 12.3. The number of hydrogen-bond donors (Lipinski definition) is 1. The number of sulfonamides is 1. The Kier molecular flexibility index (Phi) is 8.38. The number of halogens is 1. The summed E-state index contributed by atoms with van der Waals surface area (Å²) in [5.41, 5.74) is 0. The first-order valence-corrected chi connectivity index (χ1v) is 7.67. The van der Waals surface area contributed by atoms with Crippen LogP contribution in [0.15, 0.2) is 0 Å². The number of ether oxygens (including phenoxy) is 1. The van der Waals surface area contributed by atoms with E-state index in [1.54, 1.807) is 18.3 Å². The van der Waals surface area contributed by atoms with E-state index in [0.717, 1.165) is 12.8 Å². The molecule has 18 heavy (non-hydrogen) atoms. The summed E-state index contributed by atoms with van der Waals surface area (Å²) in [6.07, 6.45) is 2.54. The molecule has 0 spiro atoms. The predicted molar refractivity (Wildman–Crippen MR) is 75.8 cm³/mol. The van der Waals surface area contributed by atoms with Crippen molar-refractivity contribution in [2.75, 3.05) is 33.9 Å². The number of hydrogen-bond acceptors (Lipinski definition) is 4. The topological polar surface area (TPSA) is 58.6 Å². The van der Waals surface area contributed by atoms with Crippen molar-refractivity contribution in [1.29, 1.82) is 0 Å². The van der Waals surface area contributed by atoms with Crippen LogP contribution < -0.4 is 5.32 Å². The molecule has 5 nitrogen and oxygen atoms in total. The van der Waals surface area contributed by atoms with Crippen molar-refractivity contribution in [1.82, 2.24) is 9.62 Å². The van der Waals surface area contributed by atoms with Crippen LogP contribution in [-0.2, 0) is 14.8 Å². The van der Waals surface area contributed by atoms with Gasteiger partial charge in [0.1, 0.15) is 0 Å². The van der Waals surface area contributed by atoms with E-state index in [-0.39, 0.29) is 23.7 Å². The molecule has 0 radical (unpaired) electrons. The van der Waals surface area contributed by atoms with E-state index in [0.29, 0.717) is 26.1 Å². The molecule has 1 aliphatic heterocycles. The average molecular weight is 301 g/mol. The standard InChI is InChI=1S/C11H24N2O3S.ClH/c1-10(6-8-16-3)17(14,15)13-7-4-5-11(9-13)12-2;/h10-12H,4-9H2,1-3H3;1H. The van der Waals surface area contributed by atoms with E-state index in [9.17, 15) is 8.42 Å². The van der Waals surface area contributed by atoms with E-state index >= 15 is 0 Å². The summed E-state index contributed by atoms with van der Waals surface area (Å²) in [6.45, 7) is 3.50. The van der Waals surface area contributed by atoms with E-state index in [1.165, 1.54) is 0 Å². The first-order valence-electron chi connectivity index (χ1n) is 6.17. The molecule has 1 saturated heterocycles. The van der Waals surface area contributed by atoms with Crippen LogP contribution in [0.2, 0.25) is 0 Å². The molecule has 0 amide bonds. The summed E-state index contributed by atoms with van der Waals surface area (Å²) >= 11 is 0. The molecule has 0 aromatic carbocycles. The molecular formula is C11H25ClN2O3S. The third-order valence-corrected chi connectivity index (χ3v) is 5.69. The fourth-order valence-corrected chi connectivity index (χ4v) is 3.77. The van der Waals surface area contributed by atoms with Crippen LogP contribution in [0.25, 0.3) is 0 Å². The van der Waals surface area contributed by atoms with Crippen molar-refractivity contribution in [2.45, 2.75) is 37.5 Å². The summed E-state index contributed by atoms with van der Waals surface area (Å²) in [4.78, 5) is 0. The van der Waals surface area contributed by atoms with Crippen LogP contribution in [0.4, 0.5) is 0 Å². The molecule has 1 N–H and O–H groups in total. The molecule has 2 unspecified atom stereocenters. The van der Waals surface area contributed by atoms with Gasteiger partial charge in [-0.1, -0.05) is 0 Å². The molecule has 0 aliphatic carbocycles. The van der Waals surface area contributed by atoms with Crippen LogP contribution >= 0.6 is 12.4 Å². The van der Waals surface area contributed by atoms with Gasteiger partial charge in [-0.25, -0.2) is 12.7 Å². The van der Waals surface area contributed by atoms with Gasteiger partial charge in [0.05, 0.1) is 5.25 Å². The van der Waals surface area contributed by atoms with Gasteiger partial charge in [-0.15, -0.1) is 12.4 Å². The van der Waals surface area contributed by atoms with Crippen LogP contribution in [0.3, 0.4) is 0 Å². The summed E-state index contributed by atoms with van der Waals surface area (Å²) in [7, 11) is 0.315. The molecule has 0 saturated carbocycles. The Bertz CT molecular complexity index is 324. The molecule has 2 atom stereocenters. The van der Waals surface area contributed by atoms with Crippen molar-refractivity contribution in [2.24, 2.45) is 0 Å². The number of likely N-dealkylation sites (N-methyl/N-ethyl adjacent to an activating group) is 1. The van der Waals surface area contributed by atoms with E-state index in [4.69, 9.17) is 4.74 Å². The molecular weight excluding hydrogens is 276 g/mol. The number of methoxy groups -OCH3 is 1. The van der Waals surface area contributed by atoms with E-state index in [2.05, 4.69) is 5.32 Å². The summed E-state index contributed by atoms with van der Waals surface area (Å²) in [6, 6.07) is 0.285. The normalized spacial score (nSPS) is 23.4. The van der Waals surface area contributed by atoms with Gasteiger partial charge in [0, 0.05) is 32.8 Å². The van der Waals surface area contributed by atoms with Gasteiger partial charge < -0.3 is 10.1 Å². The highest BCUT2D eigenvalue weighted by atomic mass is 35.5.